The van der Waals surface area contributed by atoms with Crippen LogP contribution in [0.5, 0.6) is 0 Å². The molecule has 1 atom stereocenters. The molecule has 1 N–H and O–H groups in total. The van der Waals surface area contributed by atoms with E-state index in [2.05, 4.69) is 60.8 Å². The van der Waals surface area contributed by atoms with Crippen LogP contribution in [-0.2, 0) is 0 Å². The summed E-state index contributed by atoms with van der Waals surface area (Å²) in [5.74, 6) is 0.712. The van der Waals surface area contributed by atoms with Crippen LogP contribution in [0.15, 0.2) is 0 Å². The molecule has 0 heterocycles. The number of benzene rings is 1. The van der Waals surface area contributed by atoms with Gasteiger partial charge in [0.15, 0.2) is 0 Å². The number of rotatable bonds is 5. The van der Waals surface area contributed by atoms with Crippen molar-refractivity contribution in [1.82, 2.24) is 5.32 Å². The van der Waals surface area contributed by atoms with Gasteiger partial charge in [-0.2, -0.15) is 0 Å². The van der Waals surface area contributed by atoms with Crippen molar-refractivity contribution in [2.45, 2.75) is 67.3 Å². The van der Waals surface area contributed by atoms with Crippen molar-refractivity contribution in [3.05, 3.63) is 33.4 Å². The topological polar surface area (TPSA) is 12.0 Å². The van der Waals surface area contributed by atoms with Gasteiger partial charge >= 0.3 is 0 Å². The van der Waals surface area contributed by atoms with Crippen molar-refractivity contribution in [2.75, 3.05) is 7.05 Å². The monoisotopic (exact) mass is 261 g/mol. The van der Waals surface area contributed by atoms with Crippen LogP contribution in [0.4, 0.5) is 0 Å². The maximum Gasteiger partial charge on any atom is 0.0351 e. The van der Waals surface area contributed by atoms with Crippen LogP contribution in [0.25, 0.3) is 0 Å². The van der Waals surface area contributed by atoms with Crippen molar-refractivity contribution < 1.29 is 0 Å². The van der Waals surface area contributed by atoms with Gasteiger partial charge in [0.25, 0.3) is 0 Å². The predicted molar refractivity (Wildman–Crippen MR) is 86.0 cm³/mol. The molecule has 0 bridgehead atoms. The Morgan fingerprint density at radius 1 is 0.737 bits per heavy atom. The van der Waals surface area contributed by atoms with Crippen molar-refractivity contribution in [3.8, 4) is 0 Å². The highest BCUT2D eigenvalue weighted by atomic mass is 14.9. The normalized spacial score (nSPS) is 13.1. The van der Waals surface area contributed by atoms with Gasteiger partial charge in [-0.15, -0.1) is 0 Å². The fourth-order valence-corrected chi connectivity index (χ4v) is 3.37. The quantitative estimate of drug-likeness (QED) is 0.793. The highest BCUT2D eigenvalue weighted by Gasteiger charge is 2.24. The van der Waals surface area contributed by atoms with E-state index in [0.29, 0.717) is 12.0 Å². The lowest BCUT2D eigenvalue weighted by molar-refractivity contribution is 0.357. The van der Waals surface area contributed by atoms with E-state index in [9.17, 15) is 0 Å². The van der Waals surface area contributed by atoms with Crippen molar-refractivity contribution in [2.24, 2.45) is 5.92 Å². The van der Waals surface area contributed by atoms with E-state index in [4.69, 9.17) is 0 Å². The first-order chi connectivity index (χ1) is 8.90. The lowest BCUT2D eigenvalue weighted by Crippen LogP contribution is -2.27. The summed E-state index contributed by atoms with van der Waals surface area (Å²) in [6.45, 7) is 16.0. The third-order valence-electron chi connectivity index (χ3n) is 5.20. The lowest BCUT2D eigenvalue weighted by Gasteiger charge is -2.30. The van der Waals surface area contributed by atoms with Gasteiger partial charge in [0.2, 0.25) is 0 Å². The van der Waals surface area contributed by atoms with Crippen molar-refractivity contribution >= 4 is 0 Å². The summed E-state index contributed by atoms with van der Waals surface area (Å²) in [5.41, 5.74) is 8.88. The second-order valence-corrected chi connectivity index (χ2v) is 5.88. The molecular weight excluding hydrogens is 230 g/mol. The minimum Gasteiger partial charge on any atom is -0.313 e. The fourth-order valence-electron chi connectivity index (χ4n) is 3.37. The second-order valence-electron chi connectivity index (χ2n) is 5.88. The van der Waals surface area contributed by atoms with E-state index in [1.54, 1.807) is 0 Å². The second kappa shape index (κ2) is 6.56. The van der Waals surface area contributed by atoms with Gasteiger partial charge in [-0.3, -0.25) is 0 Å². The van der Waals surface area contributed by atoms with Crippen LogP contribution in [0.2, 0.25) is 0 Å². The molecule has 0 fully saturated rings. The van der Waals surface area contributed by atoms with E-state index < -0.39 is 0 Å². The van der Waals surface area contributed by atoms with Crippen LogP contribution in [0, 0.1) is 40.5 Å². The Morgan fingerprint density at radius 2 is 1.11 bits per heavy atom. The zero-order valence-corrected chi connectivity index (χ0v) is 14.1. The Morgan fingerprint density at radius 3 is 1.42 bits per heavy atom. The summed E-state index contributed by atoms with van der Waals surface area (Å²) < 4.78 is 0. The summed E-state index contributed by atoms with van der Waals surface area (Å²) >= 11 is 0. The van der Waals surface area contributed by atoms with Crippen LogP contribution >= 0.6 is 0 Å². The molecule has 0 aliphatic rings. The van der Waals surface area contributed by atoms with Crippen molar-refractivity contribution in [3.63, 3.8) is 0 Å². The van der Waals surface area contributed by atoms with E-state index in [1.165, 1.54) is 46.2 Å². The Hall–Kier alpha value is -0.820. The van der Waals surface area contributed by atoms with Gasteiger partial charge in [-0.05, 0) is 81.0 Å². The molecule has 0 amide bonds. The number of hydrogen-bond acceptors (Lipinski definition) is 1. The van der Waals surface area contributed by atoms with Crippen LogP contribution in [0.3, 0.4) is 0 Å². The Balaban J connectivity index is 3.48. The molecule has 1 nitrogen and oxygen atoms in total. The van der Waals surface area contributed by atoms with Gasteiger partial charge in [0, 0.05) is 6.04 Å². The molecule has 19 heavy (non-hydrogen) atoms. The van der Waals surface area contributed by atoms with E-state index in [-0.39, 0.29) is 0 Å². The predicted octanol–water partition coefficient (Wildman–Crippen LogP) is 4.93. The highest BCUT2D eigenvalue weighted by Crippen LogP contribution is 2.35. The van der Waals surface area contributed by atoms with Crippen molar-refractivity contribution in [1.29, 1.82) is 0 Å². The van der Waals surface area contributed by atoms with E-state index in [0.717, 1.165) is 0 Å². The summed E-state index contributed by atoms with van der Waals surface area (Å²) in [6, 6.07) is 0.480. The summed E-state index contributed by atoms with van der Waals surface area (Å²) in [6.07, 6.45) is 2.46. The third kappa shape index (κ3) is 2.86. The molecule has 0 spiro atoms. The molecular formula is C18H31N. The highest BCUT2D eigenvalue weighted by molar-refractivity contribution is 5.50. The summed E-state index contributed by atoms with van der Waals surface area (Å²) in [5, 5.41) is 3.58. The molecule has 0 radical (unpaired) electrons. The van der Waals surface area contributed by atoms with Gasteiger partial charge in [0.05, 0.1) is 0 Å². The fraction of sp³-hybridized carbons (Fsp3) is 0.667. The standard InChI is InChI=1S/C18H31N/c1-9-16(10-2)18(19-8)17-14(6)12(4)11(3)13(5)15(17)7/h16,18-19H,9-10H2,1-8H3. The maximum atomic E-state index is 3.58. The van der Waals surface area contributed by atoms with Gasteiger partial charge in [-0.1, -0.05) is 26.7 Å². The lowest BCUT2D eigenvalue weighted by atomic mass is 9.80. The largest absolute Gasteiger partial charge is 0.313 e. The molecule has 1 heteroatoms. The molecule has 108 valence electrons. The summed E-state index contributed by atoms with van der Waals surface area (Å²) in [4.78, 5) is 0. The molecule has 1 unspecified atom stereocenters. The average molecular weight is 261 g/mol. The molecule has 0 aromatic heterocycles. The molecule has 0 saturated carbocycles. The molecule has 1 rings (SSSR count). The first kappa shape index (κ1) is 16.2. The Bertz CT molecular complexity index is 412. The Labute approximate surface area is 119 Å². The number of hydrogen-bond donors (Lipinski definition) is 1. The van der Waals surface area contributed by atoms with E-state index in [1.807, 2.05) is 0 Å². The number of nitrogens with one attached hydrogen (secondary N) is 1. The van der Waals surface area contributed by atoms with E-state index >= 15 is 0 Å². The third-order valence-corrected chi connectivity index (χ3v) is 5.20. The van der Waals surface area contributed by atoms with Crippen LogP contribution in [-0.4, -0.2) is 7.05 Å². The van der Waals surface area contributed by atoms with Crippen LogP contribution in [0.1, 0.15) is 66.1 Å². The molecule has 1 aromatic rings. The van der Waals surface area contributed by atoms with Crippen LogP contribution < -0.4 is 5.32 Å². The molecule has 0 aliphatic carbocycles. The maximum absolute atomic E-state index is 3.58. The SMILES string of the molecule is CCC(CC)C(NC)c1c(C)c(C)c(C)c(C)c1C. The van der Waals surface area contributed by atoms with Gasteiger partial charge in [0.1, 0.15) is 0 Å². The average Bonchev–Trinajstić information content (AvgIpc) is 2.42. The minimum absolute atomic E-state index is 0.480. The zero-order valence-electron chi connectivity index (χ0n) is 14.1. The first-order valence-electron chi connectivity index (χ1n) is 7.64. The zero-order chi connectivity index (χ0) is 14.7. The molecule has 0 aliphatic heterocycles. The molecule has 0 saturated heterocycles. The van der Waals surface area contributed by atoms with Gasteiger partial charge in [-0.25, -0.2) is 0 Å². The Kier molecular flexibility index (Phi) is 5.61. The minimum atomic E-state index is 0.480. The van der Waals surface area contributed by atoms with Gasteiger partial charge < -0.3 is 5.32 Å². The molecule has 1 aromatic carbocycles. The first-order valence-corrected chi connectivity index (χ1v) is 7.64. The smallest absolute Gasteiger partial charge is 0.0351 e. The summed E-state index contributed by atoms with van der Waals surface area (Å²) in [7, 11) is 2.10.